The maximum absolute atomic E-state index is 14.3. The van der Waals surface area contributed by atoms with Crippen LogP contribution in [-0.2, 0) is 17.5 Å². The number of likely N-dealkylation sites (tertiary alicyclic amines) is 1. The molecule has 1 fully saturated rings. The molecule has 1 aliphatic heterocycles. The number of carbonyl (C=O) groups excluding carboxylic acids is 3. The van der Waals surface area contributed by atoms with E-state index in [1.165, 1.54) is 6.20 Å². The van der Waals surface area contributed by atoms with Gasteiger partial charge in [-0.3, -0.25) is 9.36 Å². The summed E-state index contributed by atoms with van der Waals surface area (Å²) < 4.78 is 68.4. The Morgan fingerprint density at radius 3 is 2.50 bits per heavy atom. The molecule has 4 amide bonds. The van der Waals surface area contributed by atoms with E-state index >= 15 is 0 Å². The molecule has 0 unspecified atom stereocenters. The van der Waals surface area contributed by atoms with Gasteiger partial charge >= 0.3 is 18.2 Å². The first kappa shape index (κ1) is 24.9. The number of nitrogens with one attached hydrogen (secondary N) is 2. The van der Waals surface area contributed by atoms with Crippen LogP contribution in [0.25, 0.3) is 10.9 Å². The van der Waals surface area contributed by atoms with Gasteiger partial charge in [-0.05, 0) is 12.1 Å². The number of carbonyl (C=O) groups is 3. The lowest BCUT2D eigenvalue weighted by Crippen LogP contribution is -2.47. The number of fused-ring (bicyclic) bond motifs is 1. The highest BCUT2D eigenvalue weighted by molar-refractivity contribution is 6.05. The SMILES string of the molecule is NC(=O)n1cc(NC(=O)N2C[C@H](F)C[C@H]2C(=O)NCc2cccc(C(F)(F)F)c2F)c2ccccc21. The van der Waals surface area contributed by atoms with Crippen LogP contribution in [0.4, 0.5) is 37.2 Å². The zero-order valence-corrected chi connectivity index (χ0v) is 18.5. The third-order valence-corrected chi connectivity index (χ3v) is 5.84. The number of primary amides is 1. The molecular formula is C23H20F5N5O3. The van der Waals surface area contributed by atoms with Gasteiger partial charge in [0.15, 0.2) is 0 Å². The molecule has 0 spiro atoms. The number of alkyl halides is 4. The van der Waals surface area contributed by atoms with Crippen LogP contribution in [0.5, 0.6) is 0 Å². The lowest BCUT2D eigenvalue weighted by molar-refractivity contribution is -0.140. The van der Waals surface area contributed by atoms with E-state index in [0.29, 0.717) is 17.0 Å². The van der Waals surface area contributed by atoms with Crippen molar-refractivity contribution in [3.05, 3.63) is 65.6 Å². The smallest absolute Gasteiger partial charge is 0.351 e. The Morgan fingerprint density at radius 2 is 1.81 bits per heavy atom. The Labute approximate surface area is 200 Å². The summed E-state index contributed by atoms with van der Waals surface area (Å²) >= 11 is 0. The number of hydrogen-bond acceptors (Lipinski definition) is 3. The van der Waals surface area contributed by atoms with E-state index in [2.05, 4.69) is 10.6 Å². The zero-order valence-electron chi connectivity index (χ0n) is 18.5. The Balaban J connectivity index is 1.49. The predicted molar refractivity (Wildman–Crippen MR) is 119 cm³/mol. The Morgan fingerprint density at radius 1 is 1.08 bits per heavy atom. The van der Waals surface area contributed by atoms with Gasteiger partial charge in [-0.15, -0.1) is 0 Å². The molecule has 0 radical (unpaired) electrons. The quantitative estimate of drug-likeness (QED) is 0.463. The maximum atomic E-state index is 14.3. The predicted octanol–water partition coefficient (Wildman–Crippen LogP) is 3.99. The first-order valence-corrected chi connectivity index (χ1v) is 10.7. The van der Waals surface area contributed by atoms with Crippen molar-refractivity contribution < 1.29 is 36.3 Å². The molecule has 1 aromatic heterocycles. The second-order valence-electron chi connectivity index (χ2n) is 8.19. The summed E-state index contributed by atoms with van der Waals surface area (Å²) in [6, 6.07) is 6.29. The molecule has 0 saturated carbocycles. The summed E-state index contributed by atoms with van der Waals surface area (Å²) in [7, 11) is 0. The van der Waals surface area contributed by atoms with Crippen molar-refractivity contribution in [1.82, 2.24) is 14.8 Å². The number of benzene rings is 2. The fourth-order valence-electron chi connectivity index (χ4n) is 4.14. The number of halogens is 5. The van der Waals surface area contributed by atoms with E-state index in [1.54, 1.807) is 24.3 Å². The van der Waals surface area contributed by atoms with Crippen molar-refractivity contribution in [3.63, 3.8) is 0 Å². The van der Waals surface area contributed by atoms with Crippen LogP contribution in [0, 0.1) is 5.82 Å². The average Bonchev–Trinajstić information content (AvgIpc) is 3.38. The molecule has 190 valence electrons. The number of aromatic nitrogens is 1. The number of hydrogen-bond donors (Lipinski definition) is 3. The van der Waals surface area contributed by atoms with E-state index in [4.69, 9.17) is 5.73 Å². The summed E-state index contributed by atoms with van der Waals surface area (Å²) in [5.41, 5.74) is 4.09. The van der Waals surface area contributed by atoms with Gasteiger partial charge in [0, 0.05) is 30.1 Å². The number of urea groups is 1. The van der Waals surface area contributed by atoms with Gasteiger partial charge in [-0.25, -0.2) is 18.4 Å². The minimum Gasteiger partial charge on any atom is -0.351 e. The summed E-state index contributed by atoms with van der Waals surface area (Å²) in [5, 5.41) is 5.29. The second kappa shape index (κ2) is 9.47. The van der Waals surface area contributed by atoms with Gasteiger partial charge in [0.25, 0.3) is 0 Å². The number of nitrogens with two attached hydrogens (primary N) is 1. The molecule has 36 heavy (non-hydrogen) atoms. The van der Waals surface area contributed by atoms with E-state index in [9.17, 15) is 36.3 Å². The highest BCUT2D eigenvalue weighted by Crippen LogP contribution is 2.32. The fraction of sp³-hybridized carbons (Fsp3) is 0.261. The molecule has 2 aromatic carbocycles. The second-order valence-corrected chi connectivity index (χ2v) is 8.19. The first-order chi connectivity index (χ1) is 17.0. The Kier molecular flexibility index (Phi) is 6.57. The number of amides is 4. The lowest BCUT2D eigenvalue weighted by atomic mass is 10.1. The molecule has 0 aliphatic carbocycles. The van der Waals surface area contributed by atoms with Gasteiger partial charge in [-0.1, -0.05) is 30.3 Å². The minimum atomic E-state index is -4.91. The van der Waals surface area contributed by atoms with Crippen LogP contribution in [0.1, 0.15) is 17.5 Å². The summed E-state index contributed by atoms with van der Waals surface area (Å²) in [6.45, 7) is -1.01. The molecule has 4 rings (SSSR count). The van der Waals surface area contributed by atoms with Gasteiger partial charge in [0.1, 0.15) is 18.0 Å². The van der Waals surface area contributed by atoms with Crippen LogP contribution in [0.3, 0.4) is 0 Å². The highest BCUT2D eigenvalue weighted by atomic mass is 19.4. The van der Waals surface area contributed by atoms with Crippen molar-refractivity contribution in [2.45, 2.75) is 31.4 Å². The Bertz CT molecular complexity index is 1340. The standard InChI is InChI=1S/C23H20F5N5O3/c24-13-8-18(20(34)30-9-12-4-3-6-15(19(12)25)23(26,27)28)33(10-13)22(36)31-16-11-32(21(29)35)17-7-2-1-5-14(16)17/h1-7,11,13,18H,8-10H2,(H2,29,35)(H,30,34)(H,31,36)/t13-,18+/m1/s1. The van der Waals surface area contributed by atoms with Crippen LogP contribution in [0.15, 0.2) is 48.7 Å². The molecule has 8 nitrogen and oxygen atoms in total. The van der Waals surface area contributed by atoms with Gasteiger partial charge in [0.05, 0.1) is 23.3 Å². The van der Waals surface area contributed by atoms with Crippen molar-refractivity contribution >= 4 is 34.6 Å². The maximum Gasteiger partial charge on any atom is 0.419 e. The summed E-state index contributed by atoms with van der Waals surface area (Å²) in [4.78, 5) is 38.3. The highest BCUT2D eigenvalue weighted by Gasteiger charge is 2.40. The molecular weight excluding hydrogens is 489 g/mol. The van der Waals surface area contributed by atoms with Gasteiger partial charge in [-0.2, -0.15) is 13.2 Å². The summed E-state index contributed by atoms with van der Waals surface area (Å²) in [6.07, 6.45) is -5.51. The van der Waals surface area contributed by atoms with Gasteiger partial charge in [0.2, 0.25) is 5.91 Å². The normalized spacial score (nSPS) is 17.9. The minimum absolute atomic E-state index is 0.196. The molecule has 2 heterocycles. The molecule has 4 N–H and O–H groups in total. The van der Waals surface area contributed by atoms with Gasteiger partial charge < -0.3 is 21.3 Å². The van der Waals surface area contributed by atoms with Crippen LogP contribution < -0.4 is 16.4 Å². The number of rotatable bonds is 4. The van der Waals surface area contributed by atoms with E-state index in [1.807, 2.05) is 0 Å². The molecule has 3 aromatic rings. The van der Waals surface area contributed by atoms with E-state index in [0.717, 1.165) is 21.6 Å². The van der Waals surface area contributed by atoms with Crippen molar-refractivity contribution in [1.29, 1.82) is 0 Å². The Hall–Kier alpha value is -4.16. The van der Waals surface area contributed by atoms with E-state index < -0.39 is 66.4 Å². The van der Waals surface area contributed by atoms with Crippen LogP contribution in [0.2, 0.25) is 0 Å². The third kappa shape index (κ3) is 4.81. The molecule has 1 aliphatic rings. The molecule has 13 heteroatoms. The monoisotopic (exact) mass is 509 g/mol. The lowest BCUT2D eigenvalue weighted by Gasteiger charge is -2.24. The van der Waals surface area contributed by atoms with Crippen LogP contribution >= 0.6 is 0 Å². The topological polar surface area (TPSA) is 109 Å². The molecule has 2 atom stereocenters. The van der Waals surface area contributed by atoms with Crippen LogP contribution in [-0.4, -0.2) is 46.2 Å². The average molecular weight is 509 g/mol. The zero-order chi connectivity index (χ0) is 26.2. The largest absolute Gasteiger partial charge is 0.419 e. The van der Waals surface area contributed by atoms with E-state index in [-0.39, 0.29) is 12.1 Å². The third-order valence-electron chi connectivity index (χ3n) is 5.84. The molecule has 1 saturated heterocycles. The first-order valence-electron chi connectivity index (χ1n) is 10.7. The fourth-order valence-corrected chi connectivity index (χ4v) is 4.14. The van der Waals surface area contributed by atoms with Crippen molar-refractivity contribution in [2.24, 2.45) is 5.73 Å². The number of nitrogens with zero attached hydrogens (tertiary/aromatic N) is 2. The summed E-state index contributed by atoms with van der Waals surface area (Å²) in [5.74, 6) is -2.39. The molecule has 0 bridgehead atoms. The number of anilines is 1. The van der Waals surface area contributed by atoms with Crippen molar-refractivity contribution in [3.8, 4) is 0 Å². The number of para-hydroxylation sites is 1. The van der Waals surface area contributed by atoms with Crippen molar-refractivity contribution in [2.75, 3.05) is 11.9 Å².